The zero-order valence-corrected chi connectivity index (χ0v) is 38.0. The summed E-state index contributed by atoms with van der Waals surface area (Å²) in [6, 6.07) is 84.6. The molecule has 4 aromatic heterocycles. The van der Waals surface area contributed by atoms with E-state index in [0.29, 0.717) is 17.5 Å². The van der Waals surface area contributed by atoms with Gasteiger partial charge in [-0.1, -0.05) is 176 Å². The molecular weight excluding hydrogens is 859 g/mol. The van der Waals surface area contributed by atoms with Gasteiger partial charge in [0.1, 0.15) is 0 Å². The van der Waals surface area contributed by atoms with E-state index in [1.54, 1.807) is 11.3 Å². The smallest absolute Gasteiger partial charge is 0.166 e. The second-order valence-electron chi connectivity index (χ2n) is 17.5. The van der Waals surface area contributed by atoms with Gasteiger partial charge >= 0.3 is 0 Å². The fourth-order valence-electron chi connectivity index (χ4n) is 10.5. The Morgan fingerprint density at radius 2 is 0.812 bits per heavy atom. The highest BCUT2D eigenvalue weighted by Gasteiger charge is 2.24. The normalized spacial score (nSPS) is 11.8. The van der Waals surface area contributed by atoms with Crippen LogP contribution in [0.15, 0.2) is 237 Å². The Hall–Kier alpha value is -8.97. The Balaban J connectivity index is 1.03. The molecule has 0 saturated carbocycles. The number of fused-ring (bicyclic) bond motifs is 9. The lowest BCUT2D eigenvalue weighted by atomic mass is 9.95. The highest BCUT2D eigenvalue weighted by molar-refractivity contribution is 7.25. The van der Waals surface area contributed by atoms with Gasteiger partial charge in [0, 0.05) is 64.1 Å². The summed E-state index contributed by atoms with van der Waals surface area (Å²) in [7, 11) is 0. The quantitative estimate of drug-likeness (QED) is 0.160. The van der Waals surface area contributed by atoms with E-state index >= 15 is 0 Å². The van der Waals surface area contributed by atoms with Crippen molar-refractivity contribution in [3.05, 3.63) is 237 Å². The van der Waals surface area contributed by atoms with E-state index in [-0.39, 0.29) is 0 Å². The number of nitrogens with zero attached hydrogens (tertiary/aromatic N) is 5. The molecule has 0 atom stereocenters. The predicted octanol–water partition coefficient (Wildman–Crippen LogP) is 16.8. The van der Waals surface area contributed by atoms with Crippen LogP contribution in [0.1, 0.15) is 0 Å². The van der Waals surface area contributed by atoms with Gasteiger partial charge in [-0.25, -0.2) is 15.0 Å². The first kappa shape index (κ1) is 39.2. The minimum Gasteiger partial charge on any atom is -0.309 e. The molecule has 0 spiro atoms. The fourth-order valence-corrected chi connectivity index (χ4v) is 11.7. The molecule has 14 rings (SSSR count). The standard InChI is InChI=1S/C63H39N5S/c1-4-18-40(19-5-1)42-34-37-50-56(38-42)68(55-32-17-28-48(60(50)55)47-27-16-31-54-59(47)49-25-10-13-29-52(49)67(54)44-22-8-3-9-23-44)53-30-14-11-26-51(53)63-65-61(41-20-6-2-7-21-41)64-62(66-63)43-35-36-46-45-24-12-15-33-57(45)69-58(46)39-43/h1-39H. The van der Waals surface area contributed by atoms with Gasteiger partial charge in [0.2, 0.25) is 0 Å². The molecule has 0 saturated heterocycles. The van der Waals surface area contributed by atoms with Crippen molar-refractivity contribution in [3.63, 3.8) is 0 Å². The van der Waals surface area contributed by atoms with Crippen LogP contribution in [0.3, 0.4) is 0 Å². The number of hydrogen-bond donors (Lipinski definition) is 0. The number of aromatic nitrogens is 5. The first-order valence-electron chi connectivity index (χ1n) is 23.3. The zero-order chi connectivity index (χ0) is 45.4. The fraction of sp³-hybridized carbons (Fsp3) is 0. The third-order valence-corrected chi connectivity index (χ3v) is 14.7. The van der Waals surface area contributed by atoms with Gasteiger partial charge in [0.15, 0.2) is 17.5 Å². The van der Waals surface area contributed by atoms with Crippen LogP contribution in [0.2, 0.25) is 0 Å². The van der Waals surface area contributed by atoms with Gasteiger partial charge in [-0.05, 0) is 82.9 Å². The third-order valence-electron chi connectivity index (χ3n) is 13.6. The van der Waals surface area contributed by atoms with E-state index in [4.69, 9.17) is 15.0 Å². The SMILES string of the molecule is c1ccc(-c2ccc3c4c(-c5cccc6c5c5ccccc5n6-c5ccccc5)cccc4n(-c4ccccc4-c4nc(-c5ccccc5)nc(-c5ccc6c(c5)sc5ccccc56)n4)c3c2)cc1. The molecule has 69 heavy (non-hydrogen) atoms. The van der Waals surface area contributed by atoms with Gasteiger partial charge in [-0.15, -0.1) is 11.3 Å². The van der Waals surface area contributed by atoms with Crippen LogP contribution in [0.25, 0.3) is 132 Å². The van der Waals surface area contributed by atoms with E-state index in [1.807, 2.05) is 18.2 Å². The maximum Gasteiger partial charge on any atom is 0.166 e. The first-order valence-corrected chi connectivity index (χ1v) is 24.1. The second kappa shape index (κ2) is 15.8. The van der Waals surface area contributed by atoms with Crippen molar-refractivity contribution in [2.45, 2.75) is 0 Å². The predicted molar refractivity (Wildman–Crippen MR) is 289 cm³/mol. The Morgan fingerprint density at radius 3 is 1.58 bits per heavy atom. The molecule has 0 bridgehead atoms. The molecule has 0 N–H and O–H groups in total. The van der Waals surface area contributed by atoms with Crippen molar-refractivity contribution in [3.8, 4) is 67.8 Å². The molecule has 10 aromatic carbocycles. The van der Waals surface area contributed by atoms with E-state index < -0.39 is 0 Å². The van der Waals surface area contributed by atoms with Gasteiger partial charge in [-0.2, -0.15) is 0 Å². The van der Waals surface area contributed by atoms with Gasteiger partial charge in [-0.3, -0.25) is 0 Å². The lowest BCUT2D eigenvalue weighted by molar-refractivity contribution is 1.06. The molecule has 0 aliphatic carbocycles. The van der Waals surface area contributed by atoms with Crippen molar-refractivity contribution in [2.75, 3.05) is 0 Å². The molecule has 0 aliphatic heterocycles. The Kier molecular flexibility index (Phi) is 9.00. The summed E-state index contributed by atoms with van der Waals surface area (Å²) in [5.74, 6) is 1.86. The molecular formula is C63H39N5S. The first-order chi connectivity index (χ1) is 34.2. The largest absolute Gasteiger partial charge is 0.309 e. The average molecular weight is 898 g/mol. The Morgan fingerprint density at radius 1 is 0.290 bits per heavy atom. The Labute approximate surface area is 401 Å². The van der Waals surface area contributed by atoms with Crippen LogP contribution in [-0.4, -0.2) is 24.1 Å². The maximum atomic E-state index is 5.38. The van der Waals surface area contributed by atoms with Crippen LogP contribution in [0.4, 0.5) is 0 Å². The highest BCUT2D eigenvalue weighted by atomic mass is 32.1. The van der Waals surface area contributed by atoms with Crippen LogP contribution >= 0.6 is 11.3 Å². The lowest BCUT2D eigenvalue weighted by Gasteiger charge is -2.15. The number of benzene rings is 10. The molecule has 0 fully saturated rings. The highest BCUT2D eigenvalue weighted by Crippen LogP contribution is 2.46. The van der Waals surface area contributed by atoms with Crippen molar-refractivity contribution in [1.82, 2.24) is 24.1 Å². The lowest BCUT2D eigenvalue weighted by Crippen LogP contribution is -2.03. The molecule has 6 heteroatoms. The summed E-state index contributed by atoms with van der Waals surface area (Å²) in [5.41, 5.74) is 14.1. The summed E-state index contributed by atoms with van der Waals surface area (Å²) in [4.78, 5) is 15.9. The van der Waals surface area contributed by atoms with E-state index in [1.165, 1.54) is 58.5 Å². The third kappa shape index (κ3) is 6.34. The van der Waals surface area contributed by atoms with Gasteiger partial charge in [0.05, 0.1) is 27.8 Å². The van der Waals surface area contributed by atoms with Crippen LogP contribution in [0.5, 0.6) is 0 Å². The topological polar surface area (TPSA) is 48.5 Å². The summed E-state index contributed by atoms with van der Waals surface area (Å²) in [6.07, 6.45) is 0. The summed E-state index contributed by atoms with van der Waals surface area (Å²) in [5, 5.41) is 7.30. The number of para-hydroxylation sites is 3. The van der Waals surface area contributed by atoms with Crippen LogP contribution in [-0.2, 0) is 0 Å². The monoisotopic (exact) mass is 897 g/mol. The van der Waals surface area contributed by atoms with Crippen molar-refractivity contribution in [1.29, 1.82) is 0 Å². The van der Waals surface area contributed by atoms with Crippen LogP contribution in [0, 0.1) is 0 Å². The Bertz CT molecular complexity index is 4300. The summed E-state index contributed by atoms with van der Waals surface area (Å²) < 4.78 is 7.29. The zero-order valence-electron chi connectivity index (χ0n) is 37.2. The van der Waals surface area contributed by atoms with Gasteiger partial charge < -0.3 is 9.13 Å². The molecule has 0 aliphatic rings. The van der Waals surface area contributed by atoms with Gasteiger partial charge in [0.25, 0.3) is 0 Å². The molecule has 4 heterocycles. The van der Waals surface area contributed by atoms with Crippen molar-refractivity contribution < 1.29 is 0 Å². The minimum atomic E-state index is 0.606. The van der Waals surface area contributed by atoms with Crippen molar-refractivity contribution >= 4 is 75.1 Å². The molecule has 322 valence electrons. The molecule has 14 aromatic rings. The summed E-state index contributed by atoms with van der Waals surface area (Å²) >= 11 is 1.80. The number of hydrogen-bond acceptors (Lipinski definition) is 4. The minimum absolute atomic E-state index is 0.606. The number of thiophene rings is 1. The molecule has 0 unspecified atom stereocenters. The van der Waals surface area contributed by atoms with E-state index in [0.717, 1.165) is 55.6 Å². The average Bonchev–Trinajstić information content (AvgIpc) is 4.09. The van der Waals surface area contributed by atoms with E-state index in [2.05, 4.69) is 228 Å². The molecule has 0 amide bonds. The van der Waals surface area contributed by atoms with E-state index in [9.17, 15) is 0 Å². The maximum absolute atomic E-state index is 5.38. The number of rotatable bonds is 7. The molecule has 0 radical (unpaired) electrons. The van der Waals surface area contributed by atoms with Crippen LogP contribution < -0.4 is 0 Å². The summed E-state index contributed by atoms with van der Waals surface area (Å²) in [6.45, 7) is 0. The molecule has 5 nitrogen and oxygen atoms in total. The van der Waals surface area contributed by atoms with Crippen molar-refractivity contribution in [2.24, 2.45) is 0 Å². The second-order valence-corrected chi connectivity index (χ2v) is 18.6.